The van der Waals surface area contributed by atoms with Crippen molar-refractivity contribution in [2.45, 2.75) is 69.3 Å². The molecule has 0 saturated heterocycles. The number of hydrazone groups is 1. The molecule has 0 bridgehead atoms. The number of nitrogens with one attached hydrogen (secondary N) is 1. The minimum atomic E-state index is -4.77. The minimum absolute atomic E-state index is 0.0176. The van der Waals surface area contributed by atoms with Gasteiger partial charge in [0, 0.05) is 30.7 Å². The van der Waals surface area contributed by atoms with E-state index >= 15 is 0 Å². The fourth-order valence-electron chi connectivity index (χ4n) is 5.73. The standard InChI is InChI=1S/C34H34ClF7N10O3/c1-19(8-12-43)9-13-45-31(44)51(29(53)21-4-2-20(3-5-21)23-15-47-50(16-23)30(38)39)26(17-55-32(54)49-33(10-11-33)34(40,41)42)22-6-7-24(35)25(14-22)52-28(27(36)37)46-18-48-52/h2-7,14-15,18-19,23,26-27,30H,8-11,13,16-17H2,1H3,(H2,44,45)(H,49,54)/t19-,23?,26+/m0/s1. The summed E-state index contributed by atoms with van der Waals surface area (Å²) >= 11 is 6.40. The number of benzene rings is 2. The van der Waals surface area contributed by atoms with Gasteiger partial charge < -0.3 is 15.8 Å². The van der Waals surface area contributed by atoms with Gasteiger partial charge >= 0.3 is 18.8 Å². The zero-order chi connectivity index (χ0) is 40.1. The monoisotopic (exact) mass is 798 g/mol. The van der Waals surface area contributed by atoms with Crippen LogP contribution in [0.1, 0.15) is 78.3 Å². The average molecular weight is 799 g/mol. The molecule has 55 heavy (non-hydrogen) atoms. The third-order valence-corrected chi connectivity index (χ3v) is 9.38. The molecule has 21 heteroatoms. The molecule has 0 radical (unpaired) electrons. The van der Waals surface area contributed by atoms with Crippen LogP contribution in [-0.4, -0.2) is 86.8 Å². The number of aromatic nitrogens is 3. The maximum absolute atomic E-state index is 14.4. The van der Waals surface area contributed by atoms with Crippen molar-refractivity contribution in [3.05, 3.63) is 76.3 Å². The van der Waals surface area contributed by atoms with Crippen LogP contribution in [0.3, 0.4) is 0 Å². The number of aliphatic imine (C=N–C) groups is 1. The number of alkyl halides is 7. The Kier molecular flexibility index (Phi) is 12.5. The number of guanidine groups is 1. The van der Waals surface area contributed by atoms with Gasteiger partial charge in [0.15, 0.2) is 11.8 Å². The predicted molar refractivity (Wildman–Crippen MR) is 184 cm³/mol. The van der Waals surface area contributed by atoms with Gasteiger partial charge in [-0.3, -0.25) is 14.7 Å². The number of amides is 2. The van der Waals surface area contributed by atoms with Crippen molar-refractivity contribution in [2.24, 2.45) is 21.7 Å². The van der Waals surface area contributed by atoms with Crippen molar-refractivity contribution in [1.29, 1.82) is 5.26 Å². The number of alkyl carbamates (subject to hydrolysis) is 1. The van der Waals surface area contributed by atoms with Gasteiger partial charge in [0.25, 0.3) is 12.3 Å². The third kappa shape index (κ3) is 9.44. The summed E-state index contributed by atoms with van der Waals surface area (Å²) in [6.07, 6.45) is -7.31. The molecule has 3 N–H and O–H groups in total. The number of ether oxygens (including phenoxy) is 1. The molecule has 294 valence electrons. The first kappa shape index (κ1) is 40.7. The maximum atomic E-state index is 14.4. The van der Waals surface area contributed by atoms with E-state index in [9.17, 15) is 40.3 Å². The van der Waals surface area contributed by atoms with E-state index in [1.54, 1.807) is 6.92 Å². The summed E-state index contributed by atoms with van der Waals surface area (Å²) in [7, 11) is 0. The highest BCUT2D eigenvalue weighted by molar-refractivity contribution is 6.32. The number of halogens is 8. The van der Waals surface area contributed by atoms with Crippen LogP contribution in [0.4, 0.5) is 35.5 Å². The lowest BCUT2D eigenvalue weighted by Crippen LogP contribution is -2.49. The van der Waals surface area contributed by atoms with Crippen LogP contribution in [0.15, 0.2) is 58.9 Å². The number of carbonyl (C=O) groups is 2. The van der Waals surface area contributed by atoms with Gasteiger partial charge in [0.2, 0.25) is 0 Å². The van der Waals surface area contributed by atoms with Crippen molar-refractivity contribution >= 4 is 35.8 Å². The molecule has 2 aromatic carbocycles. The Morgan fingerprint density at radius 2 is 1.89 bits per heavy atom. The molecule has 0 spiro atoms. The molecule has 1 aliphatic carbocycles. The Morgan fingerprint density at radius 1 is 1.18 bits per heavy atom. The molecule has 1 aromatic heterocycles. The SMILES string of the molecule is C[C@@H](CC#N)CCN=C(N)N(C(=O)c1ccc(C2C=NN(C(F)F)C2)cc1)[C@H](COC(=O)NC1(C(F)(F)F)CC1)c1ccc(Cl)c(-n2ncnc2C(F)F)c1. The first-order valence-corrected chi connectivity index (χ1v) is 17.1. The Balaban J connectivity index is 1.55. The second-order valence-electron chi connectivity index (χ2n) is 12.9. The van der Waals surface area contributed by atoms with E-state index in [1.165, 1.54) is 48.7 Å². The van der Waals surface area contributed by atoms with Crippen molar-refractivity contribution < 1.29 is 45.1 Å². The zero-order valence-corrected chi connectivity index (χ0v) is 29.7. The van der Waals surface area contributed by atoms with Crippen LogP contribution in [0.5, 0.6) is 0 Å². The highest BCUT2D eigenvalue weighted by Gasteiger charge is 2.64. The first-order chi connectivity index (χ1) is 26.0. The molecule has 2 aliphatic rings. The summed E-state index contributed by atoms with van der Waals surface area (Å²) < 4.78 is 101. The van der Waals surface area contributed by atoms with E-state index in [2.05, 4.69) is 20.2 Å². The highest BCUT2D eigenvalue weighted by atomic mass is 35.5. The lowest BCUT2D eigenvalue weighted by Gasteiger charge is -2.32. The first-order valence-electron chi connectivity index (χ1n) is 16.7. The molecule has 5 rings (SSSR count). The second kappa shape index (κ2) is 16.9. The van der Waals surface area contributed by atoms with Crippen molar-refractivity contribution in [3.63, 3.8) is 0 Å². The number of hydrogen-bond acceptors (Lipinski definition) is 9. The lowest BCUT2D eigenvalue weighted by atomic mass is 9.98. The van der Waals surface area contributed by atoms with E-state index in [-0.39, 0.29) is 60.1 Å². The molecule has 1 unspecified atom stereocenters. The number of nitriles is 1. The number of nitrogens with two attached hydrogens (primary N) is 1. The van der Waals surface area contributed by atoms with Gasteiger partial charge in [-0.2, -0.15) is 37.4 Å². The predicted octanol–water partition coefficient (Wildman–Crippen LogP) is 6.73. The van der Waals surface area contributed by atoms with E-state index in [0.717, 1.165) is 15.9 Å². The largest absolute Gasteiger partial charge is 0.447 e. The molecule has 3 aromatic rings. The third-order valence-electron chi connectivity index (χ3n) is 9.06. The molecular weight excluding hydrogens is 765 g/mol. The average Bonchev–Trinajstić information content (AvgIpc) is 3.51. The molecular formula is C34H34ClF7N10O3. The smallest absolute Gasteiger partial charge is 0.411 e. The summed E-state index contributed by atoms with van der Waals surface area (Å²) in [6.45, 7) is -1.94. The number of rotatable bonds is 14. The Bertz CT molecular complexity index is 1950. The maximum Gasteiger partial charge on any atom is 0.411 e. The molecule has 1 fully saturated rings. The fourth-order valence-corrected chi connectivity index (χ4v) is 5.93. The summed E-state index contributed by atoms with van der Waals surface area (Å²) in [4.78, 5) is 36.1. The quantitative estimate of drug-likeness (QED) is 0.0785. The minimum Gasteiger partial charge on any atom is -0.447 e. The zero-order valence-electron chi connectivity index (χ0n) is 28.9. The van der Waals surface area contributed by atoms with Gasteiger partial charge in [0.1, 0.15) is 18.5 Å². The van der Waals surface area contributed by atoms with Gasteiger partial charge in [-0.05, 0) is 60.6 Å². The van der Waals surface area contributed by atoms with E-state index in [4.69, 9.17) is 27.3 Å². The second-order valence-corrected chi connectivity index (χ2v) is 13.3. The van der Waals surface area contributed by atoms with Crippen LogP contribution in [-0.2, 0) is 4.74 Å². The van der Waals surface area contributed by atoms with Gasteiger partial charge in [-0.25, -0.2) is 28.3 Å². The topological polar surface area (TPSA) is 167 Å². The fraction of sp³-hybridized carbons (Fsp3) is 0.441. The Labute approximate surface area is 314 Å². The van der Waals surface area contributed by atoms with Crippen LogP contribution in [0, 0.1) is 17.2 Å². The normalized spacial score (nSPS) is 17.6. The lowest BCUT2D eigenvalue weighted by molar-refractivity contribution is -0.164. The van der Waals surface area contributed by atoms with E-state index in [1.807, 2.05) is 11.4 Å². The summed E-state index contributed by atoms with van der Waals surface area (Å²) in [5.74, 6) is -2.69. The van der Waals surface area contributed by atoms with Crippen LogP contribution >= 0.6 is 11.6 Å². The molecule has 13 nitrogen and oxygen atoms in total. The number of nitrogens with zero attached hydrogens (tertiary/aromatic N) is 8. The van der Waals surface area contributed by atoms with Crippen LogP contribution in [0.2, 0.25) is 5.02 Å². The van der Waals surface area contributed by atoms with Gasteiger partial charge in [0.05, 0.1) is 29.4 Å². The summed E-state index contributed by atoms with van der Waals surface area (Å²) in [6, 6.07) is 10.2. The summed E-state index contributed by atoms with van der Waals surface area (Å²) in [5.41, 5.74) is 4.42. The molecule has 2 amide bonds. The van der Waals surface area contributed by atoms with Gasteiger partial charge in [-0.1, -0.05) is 36.7 Å². The number of carbonyl (C=O) groups excluding carboxylic acids is 2. The Hall–Kier alpha value is -5.45. The molecule has 1 aliphatic heterocycles. The van der Waals surface area contributed by atoms with Crippen LogP contribution < -0.4 is 11.1 Å². The van der Waals surface area contributed by atoms with Crippen molar-refractivity contribution in [2.75, 3.05) is 19.7 Å². The van der Waals surface area contributed by atoms with E-state index < -0.39 is 67.0 Å². The van der Waals surface area contributed by atoms with Crippen molar-refractivity contribution in [1.82, 2.24) is 30.0 Å². The van der Waals surface area contributed by atoms with Crippen molar-refractivity contribution in [3.8, 4) is 11.8 Å². The summed E-state index contributed by atoms with van der Waals surface area (Å²) in [5, 5.41) is 19.0. The number of hydrogen-bond donors (Lipinski definition) is 2. The highest BCUT2D eigenvalue weighted by Crippen LogP contribution is 2.49. The molecule has 2 heterocycles. The Morgan fingerprint density at radius 3 is 2.49 bits per heavy atom. The molecule has 1 saturated carbocycles. The molecule has 3 atom stereocenters. The van der Waals surface area contributed by atoms with E-state index in [0.29, 0.717) is 17.0 Å². The van der Waals surface area contributed by atoms with Gasteiger partial charge in [-0.15, -0.1) is 0 Å². The van der Waals surface area contributed by atoms with Crippen LogP contribution in [0.25, 0.3) is 5.69 Å².